The van der Waals surface area contributed by atoms with E-state index in [-0.39, 0.29) is 0 Å². The van der Waals surface area contributed by atoms with Crippen LogP contribution in [0, 0.1) is 5.92 Å². The van der Waals surface area contributed by atoms with Crippen molar-refractivity contribution in [1.82, 2.24) is 0 Å². The van der Waals surface area contributed by atoms with Gasteiger partial charge in [-0.1, -0.05) is 33.1 Å². The summed E-state index contributed by atoms with van der Waals surface area (Å²) in [4.78, 5) is 0. The average molecular weight is 258 g/mol. The van der Waals surface area contributed by atoms with Gasteiger partial charge in [-0.15, -0.1) is 23.1 Å². The van der Waals surface area contributed by atoms with Crippen molar-refractivity contribution in [1.29, 1.82) is 0 Å². The molecule has 0 aromatic carbocycles. The molecule has 0 aliphatic rings. The zero-order valence-corrected chi connectivity index (χ0v) is 12.1. The molecule has 0 fully saturated rings. The van der Waals surface area contributed by atoms with Crippen molar-refractivity contribution < 1.29 is 4.74 Å². The van der Waals surface area contributed by atoms with Gasteiger partial charge in [-0.25, -0.2) is 0 Å². The Bertz CT molecular complexity index is 283. The van der Waals surface area contributed by atoms with Crippen molar-refractivity contribution in [3.05, 3.63) is 11.4 Å². The van der Waals surface area contributed by atoms with Crippen LogP contribution in [0.4, 0.5) is 0 Å². The van der Waals surface area contributed by atoms with Crippen molar-refractivity contribution >= 4 is 23.1 Å². The predicted molar refractivity (Wildman–Crippen MR) is 74.9 cm³/mol. The summed E-state index contributed by atoms with van der Waals surface area (Å²) in [6.45, 7) is 4.56. The van der Waals surface area contributed by atoms with E-state index in [0.717, 1.165) is 11.7 Å². The molecular weight excluding hydrogens is 236 g/mol. The van der Waals surface area contributed by atoms with Gasteiger partial charge in [0.1, 0.15) is 9.96 Å². The van der Waals surface area contributed by atoms with Crippen LogP contribution in [0.5, 0.6) is 5.75 Å². The second-order valence-electron chi connectivity index (χ2n) is 4.00. The minimum Gasteiger partial charge on any atom is -0.495 e. The first-order valence-corrected chi connectivity index (χ1v) is 7.92. The number of thioether (sulfide) groups is 1. The van der Waals surface area contributed by atoms with Crippen LogP contribution in [0.25, 0.3) is 0 Å². The first kappa shape index (κ1) is 13.9. The molecule has 1 aromatic heterocycles. The molecule has 1 rings (SSSR count). The molecule has 0 saturated heterocycles. The van der Waals surface area contributed by atoms with E-state index in [4.69, 9.17) is 4.74 Å². The Balaban J connectivity index is 2.36. The van der Waals surface area contributed by atoms with Gasteiger partial charge in [-0.2, -0.15) is 0 Å². The first-order valence-electron chi connectivity index (χ1n) is 6.06. The molecule has 0 bridgehead atoms. The highest BCUT2D eigenvalue weighted by Crippen LogP contribution is 2.36. The number of ether oxygens (including phenoxy) is 1. The summed E-state index contributed by atoms with van der Waals surface area (Å²) in [5.41, 5.74) is 0. The summed E-state index contributed by atoms with van der Waals surface area (Å²) in [6.07, 6.45) is 5.33. The first-order chi connectivity index (χ1) is 7.81. The summed E-state index contributed by atoms with van der Waals surface area (Å²) in [5.74, 6) is 3.13. The molecule has 1 nitrogen and oxygen atoms in total. The summed E-state index contributed by atoms with van der Waals surface area (Å²) >= 11 is 3.74. The second kappa shape index (κ2) is 8.02. The van der Waals surface area contributed by atoms with E-state index >= 15 is 0 Å². The predicted octanol–water partition coefficient (Wildman–Crippen LogP) is 5.07. The van der Waals surface area contributed by atoms with Crippen molar-refractivity contribution in [3.63, 3.8) is 0 Å². The Hall–Kier alpha value is -0.150. The molecule has 1 aromatic rings. The summed E-state index contributed by atoms with van der Waals surface area (Å²) in [5, 5.41) is 2.11. The van der Waals surface area contributed by atoms with Gasteiger partial charge in [0.05, 0.1) is 7.11 Å². The third kappa shape index (κ3) is 4.38. The van der Waals surface area contributed by atoms with E-state index in [1.54, 1.807) is 18.4 Å². The van der Waals surface area contributed by atoms with Gasteiger partial charge >= 0.3 is 0 Å². The Morgan fingerprint density at radius 2 is 2.25 bits per heavy atom. The molecule has 1 atom stereocenters. The van der Waals surface area contributed by atoms with E-state index in [2.05, 4.69) is 25.3 Å². The fourth-order valence-electron chi connectivity index (χ4n) is 1.63. The lowest BCUT2D eigenvalue weighted by Gasteiger charge is -2.13. The maximum Gasteiger partial charge on any atom is 0.143 e. The fourth-order valence-corrected chi connectivity index (χ4v) is 3.94. The summed E-state index contributed by atoms with van der Waals surface area (Å²) < 4.78 is 6.65. The van der Waals surface area contributed by atoms with Crippen LogP contribution in [0.3, 0.4) is 0 Å². The van der Waals surface area contributed by atoms with Crippen LogP contribution < -0.4 is 4.74 Å². The zero-order valence-electron chi connectivity index (χ0n) is 10.5. The lowest BCUT2D eigenvalue weighted by atomic mass is 10.0. The monoisotopic (exact) mass is 258 g/mol. The molecule has 1 heterocycles. The number of unbranched alkanes of at least 4 members (excludes halogenated alkanes) is 1. The number of methoxy groups -OCH3 is 1. The average Bonchev–Trinajstić information content (AvgIpc) is 2.77. The molecule has 92 valence electrons. The van der Waals surface area contributed by atoms with Gasteiger partial charge in [-0.3, -0.25) is 0 Å². The Morgan fingerprint density at radius 1 is 1.44 bits per heavy atom. The topological polar surface area (TPSA) is 9.23 Å². The standard InChI is InChI=1S/C13H22OS2/c1-4-6-7-11(5-2)10-16-13-12(14-3)8-9-15-13/h8-9,11H,4-7,10H2,1-3H3. The minimum atomic E-state index is 0.858. The Kier molecular flexibility index (Phi) is 6.97. The molecule has 0 spiro atoms. The van der Waals surface area contributed by atoms with Crippen LogP contribution in [0.2, 0.25) is 0 Å². The van der Waals surface area contributed by atoms with Crippen molar-refractivity contribution in [3.8, 4) is 5.75 Å². The van der Waals surface area contributed by atoms with Gasteiger partial charge in [0.25, 0.3) is 0 Å². The van der Waals surface area contributed by atoms with Gasteiger partial charge < -0.3 is 4.74 Å². The van der Waals surface area contributed by atoms with Crippen molar-refractivity contribution in [2.45, 2.75) is 43.7 Å². The van der Waals surface area contributed by atoms with E-state index in [1.807, 2.05) is 11.8 Å². The summed E-state index contributed by atoms with van der Waals surface area (Å²) in [6, 6.07) is 2.06. The molecular formula is C13H22OS2. The lowest BCUT2D eigenvalue weighted by molar-refractivity contribution is 0.408. The van der Waals surface area contributed by atoms with Gasteiger partial charge in [0.2, 0.25) is 0 Å². The smallest absolute Gasteiger partial charge is 0.143 e. The van der Waals surface area contributed by atoms with Gasteiger partial charge in [0.15, 0.2) is 0 Å². The number of hydrogen-bond donors (Lipinski definition) is 0. The van der Waals surface area contributed by atoms with Crippen molar-refractivity contribution in [2.75, 3.05) is 12.9 Å². The maximum atomic E-state index is 5.32. The highest BCUT2D eigenvalue weighted by Gasteiger charge is 2.10. The summed E-state index contributed by atoms with van der Waals surface area (Å²) in [7, 11) is 1.75. The Morgan fingerprint density at radius 3 is 2.88 bits per heavy atom. The van der Waals surface area contributed by atoms with E-state index in [0.29, 0.717) is 0 Å². The van der Waals surface area contributed by atoms with Gasteiger partial charge in [-0.05, 0) is 23.8 Å². The molecule has 1 unspecified atom stereocenters. The normalized spacial score (nSPS) is 12.7. The van der Waals surface area contributed by atoms with E-state index < -0.39 is 0 Å². The highest BCUT2D eigenvalue weighted by atomic mass is 32.2. The SMILES string of the molecule is CCCCC(CC)CSc1sccc1OC. The molecule has 16 heavy (non-hydrogen) atoms. The fraction of sp³-hybridized carbons (Fsp3) is 0.692. The largest absolute Gasteiger partial charge is 0.495 e. The van der Waals surface area contributed by atoms with Crippen LogP contribution in [0.15, 0.2) is 15.7 Å². The molecule has 0 N–H and O–H groups in total. The molecule has 0 aliphatic carbocycles. The number of thiophene rings is 1. The van der Waals surface area contributed by atoms with Gasteiger partial charge in [0, 0.05) is 5.75 Å². The van der Waals surface area contributed by atoms with Crippen molar-refractivity contribution in [2.24, 2.45) is 5.92 Å². The van der Waals surface area contributed by atoms with E-state index in [1.165, 1.54) is 35.6 Å². The highest BCUT2D eigenvalue weighted by molar-refractivity contribution is 8.01. The third-order valence-corrected chi connectivity index (χ3v) is 5.24. The molecule has 0 radical (unpaired) electrons. The minimum absolute atomic E-state index is 0.858. The quantitative estimate of drug-likeness (QED) is 0.602. The second-order valence-corrected chi connectivity index (χ2v) is 6.21. The zero-order chi connectivity index (χ0) is 11.8. The molecule has 3 heteroatoms. The van der Waals surface area contributed by atoms with E-state index in [9.17, 15) is 0 Å². The molecule has 0 amide bonds. The number of rotatable bonds is 8. The van der Waals surface area contributed by atoms with Crippen LogP contribution in [-0.4, -0.2) is 12.9 Å². The number of hydrogen-bond acceptors (Lipinski definition) is 3. The third-order valence-electron chi connectivity index (χ3n) is 2.81. The molecule has 0 saturated carbocycles. The van der Waals surface area contributed by atoms with Crippen LogP contribution in [0.1, 0.15) is 39.5 Å². The maximum absolute atomic E-state index is 5.32. The Labute approximate surface area is 108 Å². The lowest BCUT2D eigenvalue weighted by Crippen LogP contribution is -2.01. The molecule has 0 aliphatic heterocycles. The van der Waals surface area contributed by atoms with Crippen LogP contribution >= 0.6 is 23.1 Å². The van der Waals surface area contributed by atoms with Crippen LogP contribution in [-0.2, 0) is 0 Å².